The topological polar surface area (TPSA) is 125 Å². The van der Waals surface area contributed by atoms with Crippen molar-refractivity contribution in [2.45, 2.75) is 19.3 Å². The number of nitrogens with two attached hydrogens (primary N) is 1. The first kappa shape index (κ1) is 19.2. The summed E-state index contributed by atoms with van der Waals surface area (Å²) in [5, 5.41) is 10.6. The summed E-state index contributed by atoms with van der Waals surface area (Å²) in [4.78, 5) is 34.9. The zero-order valence-electron chi connectivity index (χ0n) is 15.4. The summed E-state index contributed by atoms with van der Waals surface area (Å²) in [6, 6.07) is 7.85. The van der Waals surface area contributed by atoms with Gasteiger partial charge in [0, 0.05) is 11.5 Å². The van der Waals surface area contributed by atoms with Gasteiger partial charge in [0.15, 0.2) is 23.9 Å². The first-order valence-electron chi connectivity index (χ1n) is 8.48. The summed E-state index contributed by atoms with van der Waals surface area (Å²) in [6.07, 6.45) is -0.0382. The Morgan fingerprint density at radius 1 is 1.25 bits per heavy atom. The third-order valence-corrected chi connectivity index (χ3v) is 4.46. The van der Waals surface area contributed by atoms with Crippen LogP contribution in [0.1, 0.15) is 40.7 Å². The second-order valence-electron chi connectivity index (χ2n) is 6.33. The number of hydrogen-bond donors (Lipinski definition) is 2. The van der Waals surface area contributed by atoms with E-state index in [9.17, 15) is 19.5 Å². The highest BCUT2D eigenvalue weighted by molar-refractivity contribution is 5.98. The molecule has 0 spiro atoms. The lowest BCUT2D eigenvalue weighted by molar-refractivity contribution is -0.135. The van der Waals surface area contributed by atoms with E-state index in [0.29, 0.717) is 16.9 Å². The Hall–Kier alpha value is -3.55. The molecule has 0 aliphatic carbocycles. The van der Waals surface area contributed by atoms with Crippen LogP contribution in [0, 0.1) is 0 Å². The highest BCUT2D eigenvalue weighted by Crippen LogP contribution is 2.46. The van der Waals surface area contributed by atoms with Gasteiger partial charge in [-0.25, -0.2) is 0 Å². The number of Topliss-reactive ketones (excluding diaryl/α,β-unsaturated/α-hetero) is 1. The number of rotatable bonds is 6. The van der Waals surface area contributed by atoms with E-state index >= 15 is 0 Å². The fraction of sp³-hybridized carbons (Fsp3) is 0.250. The summed E-state index contributed by atoms with van der Waals surface area (Å²) in [5.74, 6) is -1.39. The Morgan fingerprint density at radius 2 is 2.00 bits per heavy atom. The maximum Gasteiger partial charge on any atom is 0.312 e. The molecule has 0 radical (unpaired) electrons. The van der Waals surface area contributed by atoms with E-state index in [2.05, 4.69) is 0 Å². The van der Waals surface area contributed by atoms with Gasteiger partial charge in [-0.05, 0) is 36.8 Å². The van der Waals surface area contributed by atoms with E-state index < -0.39 is 17.8 Å². The van der Waals surface area contributed by atoms with Crippen molar-refractivity contribution in [2.75, 3.05) is 13.7 Å². The van der Waals surface area contributed by atoms with Crippen LogP contribution in [0.2, 0.25) is 0 Å². The molecule has 0 saturated carbocycles. The number of esters is 1. The Kier molecular flexibility index (Phi) is 5.21. The molecule has 2 aromatic rings. The second-order valence-corrected chi connectivity index (χ2v) is 6.33. The third-order valence-electron chi connectivity index (χ3n) is 4.46. The van der Waals surface area contributed by atoms with Gasteiger partial charge >= 0.3 is 5.97 Å². The summed E-state index contributed by atoms with van der Waals surface area (Å²) >= 11 is 0. The van der Waals surface area contributed by atoms with Crippen molar-refractivity contribution in [1.82, 2.24) is 0 Å². The number of carbonyl (C=O) groups excluding carboxylic acids is 3. The Morgan fingerprint density at radius 3 is 2.64 bits per heavy atom. The summed E-state index contributed by atoms with van der Waals surface area (Å²) in [6.45, 7) is 0.997. The fourth-order valence-corrected chi connectivity index (χ4v) is 3.19. The molecule has 0 unspecified atom stereocenters. The van der Waals surface area contributed by atoms with Gasteiger partial charge in [0.2, 0.25) is 0 Å². The second kappa shape index (κ2) is 7.59. The molecule has 0 fully saturated rings. The van der Waals surface area contributed by atoms with Gasteiger partial charge in [-0.15, -0.1) is 0 Å². The molecule has 3 N–H and O–H groups in total. The van der Waals surface area contributed by atoms with E-state index in [1.807, 2.05) is 0 Å². The molecule has 0 aromatic heterocycles. The lowest BCUT2D eigenvalue weighted by atomic mass is 9.84. The van der Waals surface area contributed by atoms with Crippen LogP contribution in [0.3, 0.4) is 0 Å². The van der Waals surface area contributed by atoms with E-state index in [1.165, 1.54) is 26.2 Å². The molecule has 2 aromatic carbocycles. The number of ether oxygens (including phenoxy) is 3. The largest absolute Gasteiger partial charge is 0.507 e. The molecule has 146 valence electrons. The fourth-order valence-electron chi connectivity index (χ4n) is 3.19. The van der Waals surface area contributed by atoms with E-state index in [4.69, 9.17) is 19.9 Å². The van der Waals surface area contributed by atoms with Gasteiger partial charge in [0.05, 0.1) is 19.1 Å². The van der Waals surface area contributed by atoms with Crippen LogP contribution < -0.4 is 19.9 Å². The number of methoxy groups -OCH3 is 1. The first-order valence-corrected chi connectivity index (χ1v) is 8.48. The van der Waals surface area contributed by atoms with Crippen molar-refractivity contribution in [3.63, 3.8) is 0 Å². The molecule has 28 heavy (non-hydrogen) atoms. The van der Waals surface area contributed by atoms with Crippen molar-refractivity contribution in [3.8, 4) is 23.0 Å². The van der Waals surface area contributed by atoms with Gasteiger partial charge in [-0.3, -0.25) is 14.4 Å². The van der Waals surface area contributed by atoms with Crippen LogP contribution >= 0.6 is 0 Å². The summed E-state index contributed by atoms with van der Waals surface area (Å²) in [5.41, 5.74) is 6.23. The van der Waals surface area contributed by atoms with Crippen molar-refractivity contribution < 1.29 is 33.7 Å². The number of carbonyl (C=O) groups is 3. The maximum atomic E-state index is 12.1. The predicted octanol–water partition coefficient (Wildman–Crippen LogP) is 1.91. The van der Waals surface area contributed by atoms with Gasteiger partial charge in [0.25, 0.3) is 5.91 Å². The molecule has 8 heteroatoms. The van der Waals surface area contributed by atoms with Crippen LogP contribution in [-0.2, 0) is 9.59 Å². The predicted molar refractivity (Wildman–Crippen MR) is 97.9 cm³/mol. The van der Waals surface area contributed by atoms with Gasteiger partial charge in [0.1, 0.15) is 11.5 Å². The smallest absolute Gasteiger partial charge is 0.312 e. The average Bonchev–Trinajstić information content (AvgIpc) is 2.65. The van der Waals surface area contributed by atoms with Gasteiger partial charge in [-0.1, -0.05) is 6.07 Å². The maximum absolute atomic E-state index is 12.1. The number of phenols is 1. The number of ketones is 1. The molecule has 0 saturated heterocycles. The molecule has 1 aliphatic rings. The van der Waals surface area contributed by atoms with Crippen LogP contribution in [0.25, 0.3) is 0 Å². The molecule has 3 rings (SSSR count). The highest BCUT2D eigenvalue weighted by Gasteiger charge is 2.33. The third kappa shape index (κ3) is 3.62. The van der Waals surface area contributed by atoms with Gasteiger partial charge in [-0.2, -0.15) is 0 Å². The normalized spacial score (nSPS) is 15.4. The standard InChI is InChI=1S/C20H19NO7/c1-10(22)12-4-6-15-19(20(12)25)13(8-18(24)28-15)11-3-5-14(26-2)16(7-11)27-9-17(21)23/h3-7,13,25H,8-9H2,1-2H3,(H2,21,23)/t13-/m0/s1. The number of hydrogen-bond acceptors (Lipinski definition) is 7. The van der Waals surface area contributed by atoms with E-state index in [0.717, 1.165) is 0 Å². The Labute approximate surface area is 160 Å². The highest BCUT2D eigenvalue weighted by atomic mass is 16.5. The molecule has 0 bridgehead atoms. The minimum atomic E-state index is -0.650. The van der Waals surface area contributed by atoms with Crippen molar-refractivity contribution in [3.05, 3.63) is 47.0 Å². The first-order chi connectivity index (χ1) is 13.3. The molecule has 1 amide bonds. The molecule has 8 nitrogen and oxygen atoms in total. The number of primary amides is 1. The van der Waals surface area contributed by atoms with Crippen LogP contribution in [0.5, 0.6) is 23.0 Å². The van der Waals surface area contributed by atoms with E-state index in [-0.39, 0.29) is 41.6 Å². The number of benzene rings is 2. The quantitative estimate of drug-likeness (QED) is 0.442. The zero-order chi connectivity index (χ0) is 20.4. The molecule has 1 aliphatic heterocycles. The number of phenolic OH excluding ortho intramolecular Hbond substituents is 1. The molecular formula is C20H19NO7. The minimum absolute atomic E-state index is 0.0382. The Bertz CT molecular complexity index is 967. The lowest BCUT2D eigenvalue weighted by Crippen LogP contribution is -2.22. The molecule has 1 atom stereocenters. The van der Waals surface area contributed by atoms with Gasteiger partial charge < -0.3 is 25.1 Å². The average molecular weight is 385 g/mol. The SMILES string of the molecule is COc1ccc([C@@H]2CC(=O)Oc3ccc(C(C)=O)c(O)c32)cc1OCC(N)=O. The lowest BCUT2D eigenvalue weighted by Gasteiger charge is -2.27. The number of fused-ring (bicyclic) bond motifs is 1. The van der Waals surface area contributed by atoms with Crippen LogP contribution in [-0.4, -0.2) is 36.5 Å². The van der Waals surface area contributed by atoms with E-state index in [1.54, 1.807) is 18.2 Å². The zero-order valence-corrected chi connectivity index (χ0v) is 15.4. The van der Waals surface area contributed by atoms with Crippen molar-refractivity contribution in [2.24, 2.45) is 5.73 Å². The Balaban J connectivity index is 2.10. The number of aromatic hydroxyl groups is 1. The molecule has 1 heterocycles. The monoisotopic (exact) mass is 385 g/mol. The summed E-state index contributed by atoms with van der Waals surface area (Å²) in [7, 11) is 1.45. The minimum Gasteiger partial charge on any atom is -0.507 e. The number of amides is 1. The van der Waals surface area contributed by atoms with Crippen molar-refractivity contribution in [1.29, 1.82) is 0 Å². The van der Waals surface area contributed by atoms with Crippen molar-refractivity contribution >= 4 is 17.7 Å². The van der Waals surface area contributed by atoms with Crippen LogP contribution in [0.15, 0.2) is 30.3 Å². The summed E-state index contributed by atoms with van der Waals surface area (Å²) < 4.78 is 15.8. The molecular weight excluding hydrogens is 366 g/mol. The van der Waals surface area contributed by atoms with Crippen LogP contribution in [0.4, 0.5) is 0 Å².